The van der Waals surface area contributed by atoms with Gasteiger partial charge in [0.1, 0.15) is 5.52 Å². The average Bonchev–Trinajstić information content (AvgIpc) is 2.80. The molecule has 4 nitrogen and oxygen atoms in total. The summed E-state index contributed by atoms with van der Waals surface area (Å²) in [6.45, 7) is 6.57. The van der Waals surface area contributed by atoms with Gasteiger partial charge >= 0.3 is 0 Å². The lowest BCUT2D eigenvalue weighted by Gasteiger charge is -2.18. The molecule has 0 saturated heterocycles. The molecule has 102 valence electrons. The van der Waals surface area contributed by atoms with E-state index in [0.717, 1.165) is 5.56 Å². The number of rotatable bonds is 1. The van der Waals surface area contributed by atoms with E-state index in [0.29, 0.717) is 22.8 Å². The van der Waals surface area contributed by atoms with Crippen LogP contribution >= 0.6 is 0 Å². The number of anilines is 1. The van der Waals surface area contributed by atoms with E-state index in [-0.39, 0.29) is 5.41 Å². The summed E-state index contributed by atoms with van der Waals surface area (Å²) in [7, 11) is 0. The molecule has 2 N–H and O–H groups in total. The zero-order chi connectivity index (χ0) is 14.3. The van der Waals surface area contributed by atoms with E-state index in [4.69, 9.17) is 10.2 Å². The summed E-state index contributed by atoms with van der Waals surface area (Å²) in [5, 5.41) is 0. The molecule has 0 unspecified atom stereocenters. The Balaban J connectivity index is 2.02. The predicted molar refractivity (Wildman–Crippen MR) is 80.4 cm³/mol. The number of hydrogen-bond donors (Lipinski definition) is 1. The summed E-state index contributed by atoms with van der Waals surface area (Å²) in [6.07, 6.45) is 1.57. The largest absolute Gasteiger partial charge is 0.418 e. The standard InChI is InChI=1S/C16H17N3O/c1-16(2,3)11-6-4-10(5-7-11)14-19-13-8-12(17)9-18-15(13)20-14/h4-9H,17H2,1-3H3. The minimum atomic E-state index is 0.135. The van der Waals surface area contributed by atoms with Crippen LogP contribution in [0.4, 0.5) is 5.69 Å². The van der Waals surface area contributed by atoms with Gasteiger partial charge in [-0.1, -0.05) is 32.9 Å². The quantitative estimate of drug-likeness (QED) is 0.729. The molecule has 0 spiro atoms. The molecule has 0 aliphatic heterocycles. The molecule has 3 rings (SSSR count). The summed E-state index contributed by atoms with van der Waals surface area (Å²) in [4.78, 5) is 8.56. The summed E-state index contributed by atoms with van der Waals surface area (Å²) in [5.41, 5.74) is 9.82. The Hall–Kier alpha value is -2.36. The van der Waals surface area contributed by atoms with E-state index in [9.17, 15) is 0 Å². The molecule has 1 aromatic carbocycles. The van der Waals surface area contributed by atoms with Crippen molar-refractivity contribution in [2.45, 2.75) is 26.2 Å². The Morgan fingerprint density at radius 2 is 1.80 bits per heavy atom. The molecular weight excluding hydrogens is 250 g/mol. The highest BCUT2D eigenvalue weighted by atomic mass is 16.4. The maximum atomic E-state index is 5.70. The highest BCUT2D eigenvalue weighted by Crippen LogP contribution is 2.27. The molecule has 2 aromatic heterocycles. The normalized spacial score (nSPS) is 11.9. The molecule has 3 aromatic rings. The molecule has 4 heteroatoms. The van der Waals surface area contributed by atoms with Crippen molar-refractivity contribution < 1.29 is 4.42 Å². The molecule has 0 atom stereocenters. The van der Waals surface area contributed by atoms with Gasteiger partial charge in [0.2, 0.25) is 11.6 Å². The second-order valence-electron chi connectivity index (χ2n) is 5.94. The maximum Gasteiger partial charge on any atom is 0.247 e. The van der Waals surface area contributed by atoms with Gasteiger partial charge < -0.3 is 10.2 Å². The smallest absolute Gasteiger partial charge is 0.247 e. The molecule has 20 heavy (non-hydrogen) atoms. The number of oxazole rings is 1. The van der Waals surface area contributed by atoms with Gasteiger partial charge in [-0.05, 0) is 29.2 Å². The first-order valence-electron chi connectivity index (χ1n) is 6.56. The van der Waals surface area contributed by atoms with Gasteiger partial charge in [-0.25, -0.2) is 9.97 Å². The van der Waals surface area contributed by atoms with Gasteiger partial charge in [-0.3, -0.25) is 0 Å². The van der Waals surface area contributed by atoms with Crippen LogP contribution in [-0.2, 0) is 5.41 Å². The first-order chi connectivity index (χ1) is 9.43. The van der Waals surface area contributed by atoms with E-state index in [1.807, 2.05) is 12.1 Å². The number of nitrogens with two attached hydrogens (primary N) is 1. The van der Waals surface area contributed by atoms with Crippen molar-refractivity contribution in [1.29, 1.82) is 0 Å². The third-order valence-electron chi connectivity index (χ3n) is 3.27. The number of aromatic nitrogens is 2. The highest BCUT2D eigenvalue weighted by Gasteiger charge is 2.14. The predicted octanol–water partition coefficient (Wildman–Crippen LogP) is 3.77. The number of fused-ring (bicyclic) bond motifs is 1. The summed E-state index contributed by atoms with van der Waals surface area (Å²) in [5.74, 6) is 0.568. The Morgan fingerprint density at radius 1 is 1.10 bits per heavy atom. The van der Waals surface area contributed by atoms with Crippen molar-refractivity contribution in [3.8, 4) is 11.5 Å². The van der Waals surface area contributed by atoms with E-state index < -0.39 is 0 Å². The topological polar surface area (TPSA) is 64.9 Å². The van der Waals surface area contributed by atoms with Gasteiger partial charge in [-0.2, -0.15) is 0 Å². The molecular formula is C16H17N3O. The first kappa shape index (κ1) is 12.7. The SMILES string of the molecule is CC(C)(C)c1ccc(-c2nc3cc(N)cnc3o2)cc1. The van der Waals surface area contributed by atoms with Crippen LogP contribution in [-0.4, -0.2) is 9.97 Å². The second kappa shape index (κ2) is 4.34. The van der Waals surface area contributed by atoms with Crippen molar-refractivity contribution in [1.82, 2.24) is 9.97 Å². The van der Waals surface area contributed by atoms with Gasteiger partial charge in [0.25, 0.3) is 0 Å². The van der Waals surface area contributed by atoms with Crippen LogP contribution in [0.15, 0.2) is 40.9 Å². The number of nitrogens with zero attached hydrogens (tertiary/aromatic N) is 2. The zero-order valence-electron chi connectivity index (χ0n) is 11.8. The van der Waals surface area contributed by atoms with Gasteiger partial charge in [-0.15, -0.1) is 0 Å². The Kier molecular flexibility index (Phi) is 2.74. The molecule has 0 bridgehead atoms. The van der Waals surface area contributed by atoms with Crippen LogP contribution in [0.25, 0.3) is 22.7 Å². The van der Waals surface area contributed by atoms with Gasteiger partial charge in [0, 0.05) is 5.56 Å². The summed E-state index contributed by atoms with van der Waals surface area (Å²) in [6, 6.07) is 10.0. The van der Waals surface area contributed by atoms with Crippen LogP contribution in [0.1, 0.15) is 26.3 Å². The Labute approximate surface area is 117 Å². The minimum absolute atomic E-state index is 0.135. The maximum absolute atomic E-state index is 5.70. The van der Waals surface area contributed by atoms with Crippen LogP contribution in [0.2, 0.25) is 0 Å². The van der Waals surface area contributed by atoms with E-state index >= 15 is 0 Å². The molecule has 0 amide bonds. The monoisotopic (exact) mass is 267 g/mol. The Morgan fingerprint density at radius 3 is 2.45 bits per heavy atom. The van der Waals surface area contributed by atoms with Gasteiger partial charge in [0.15, 0.2) is 0 Å². The van der Waals surface area contributed by atoms with Gasteiger partial charge in [0.05, 0.1) is 11.9 Å². The fourth-order valence-corrected chi connectivity index (χ4v) is 2.07. The Bertz CT molecular complexity index is 751. The lowest BCUT2D eigenvalue weighted by atomic mass is 9.87. The van der Waals surface area contributed by atoms with Crippen LogP contribution in [0.3, 0.4) is 0 Å². The summed E-state index contributed by atoms with van der Waals surface area (Å²) >= 11 is 0. The van der Waals surface area contributed by atoms with Crippen LogP contribution in [0.5, 0.6) is 0 Å². The van der Waals surface area contributed by atoms with Crippen LogP contribution in [0, 0.1) is 0 Å². The number of pyridine rings is 1. The molecule has 0 aliphatic carbocycles. The molecule has 0 fully saturated rings. The van der Waals surface area contributed by atoms with E-state index in [1.54, 1.807) is 12.3 Å². The number of benzene rings is 1. The molecule has 0 radical (unpaired) electrons. The summed E-state index contributed by atoms with van der Waals surface area (Å²) < 4.78 is 5.66. The molecule has 2 heterocycles. The second-order valence-corrected chi connectivity index (χ2v) is 5.94. The fourth-order valence-electron chi connectivity index (χ4n) is 2.07. The molecule has 0 aliphatic rings. The lowest BCUT2D eigenvalue weighted by molar-refractivity contribution is 0.589. The highest BCUT2D eigenvalue weighted by molar-refractivity contribution is 5.75. The third kappa shape index (κ3) is 2.25. The van der Waals surface area contributed by atoms with Crippen molar-refractivity contribution in [3.63, 3.8) is 0 Å². The van der Waals surface area contributed by atoms with Crippen LogP contribution < -0.4 is 5.73 Å². The van der Waals surface area contributed by atoms with E-state index in [2.05, 4.69) is 42.9 Å². The zero-order valence-corrected chi connectivity index (χ0v) is 11.8. The lowest BCUT2D eigenvalue weighted by Crippen LogP contribution is -2.10. The fraction of sp³-hybridized carbons (Fsp3) is 0.250. The van der Waals surface area contributed by atoms with E-state index in [1.165, 1.54) is 5.56 Å². The van der Waals surface area contributed by atoms with Crippen molar-refractivity contribution >= 4 is 16.9 Å². The third-order valence-corrected chi connectivity index (χ3v) is 3.27. The number of nitrogen functional groups attached to an aromatic ring is 1. The first-order valence-corrected chi connectivity index (χ1v) is 6.56. The van der Waals surface area contributed by atoms with Crippen molar-refractivity contribution in [3.05, 3.63) is 42.1 Å². The molecule has 0 saturated carbocycles. The number of hydrogen-bond acceptors (Lipinski definition) is 4. The average molecular weight is 267 g/mol. The van der Waals surface area contributed by atoms with Crippen molar-refractivity contribution in [2.75, 3.05) is 5.73 Å². The van der Waals surface area contributed by atoms with Crippen molar-refractivity contribution in [2.24, 2.45) is 0 Å². The minimum Gasteiger partial charge on any atom is -0.418 e.